The molecule has 2 aromatic carbocycles. The molecule has 0 unspecified atom stereocenters. The molecule has 0 bridgehead atoms. The molecule has 0 spiro atoms. The van der Waals surface area contributed by atoms with Gasteiger partial charge in [-0.25, -0.2) is 0 Å². The Morgan fingerprint density at radius 2 is 1.19 bits per heavy atom. The van der Waals surface area contributed by atoms with Gasteiger partial charge in [0.25, 0.3) is 0 Å². The topological polar surface area (TPSA) is 15.6 Å². The van der Waals surface area contributed by atoms with Crippen molar-refractivity contribution in [1.29, 1.82) is 0 Å². The Morgan fingerprint density at radius 3 is 1.57 bits per heavy atom. The summed E-state index contributed by atoms with van der Waals surface area (Å²) >= 11 is 0. The molecule has 0 saturated heterocycles. The zero-order valence-corrected chi connectivity index (χ0v) is 13.0. The largest absolute Gasteiger partial charge is 0.303 e. The van der Waals surface area contributed by atoms with Crippen LogP contribution in [0.1, 0.15) is 24.0 Å². The fraction of sp³-hybridized carbons (Fsp3) is 0.316. The lowest BCUT2D eigenvalue weighted by Gasteiger charge is -2.11. The predicted molar refractivity (Wildman–Crippen MR) is 90.6 cm³/mol. The number of aryl methyl sites for hydroxylation is 2. The minimum atomic E-state index is 1.02. The summed E-state index contributed by atoms with van der Waals surface area (Å²) < 4.78 is 0. The Balaban J connectivity index is 1.92. The maximum Gasteiger partial charge on any atom is 0.0387 e. The third kappa shape index (κ3) is 5.82. The normalized spacial score (nSPS) is 10.2. The first kappa shape index (κ1) is 15.3. The average molecular weight is 280 g/mol. The summed E-state index contributed by atoms with van der Waals surface area (Å²) in [4.78, 5) is 0. The number of hydrogen-bond donors (Lipinski definition) is 0. The van der Waals surface area contributed by atoms with Crippen molar-refractivity contribution < 1.29 is 0 Å². The minimum absolute atomic E-state index is 1.02. The van der Waals surface area contributed by atoms with Crippen LogP contribution in [0, 0.1) is 0 Å². The second kappa shape index (κ2) is 8.25. The van der Waals surface area contributed by atoms with Gasteiger partial charge in [0.05, 0.1) is 0 Å². The molecule has 0 saturated carbocycles. The second-order valence-corrected chi connectivity index (χ2v) is 5.48. The Hall–Kier alpha value is -2.09. The highest BCUT2D eigenvalue weighted by atomic mass is 15.4. The molecule has 0 N–H and O–H groups in total. The van der Waals surface area contributed by atoms with Gasteiger partial charge in [-0.1, -0.05) is 60.7 Å². The van der Waals surface area contributed by atoms with E-state index in [1.807, 2.05) is 19.1 Å². The quantitative estimate of drug-likeness (QED) is 0.549. The Kier molecular flexibility index (Phi) is 6.01. The monoisotopic (exact) mass is 280 g/mol. The molecule has 21 heavy (non-hydrogen) atoms. The van der Waals surface area contributed by atoms with Crippen molar-refractivity contribution in [2.24, 2.45) is 5.10 Å². The Morgan fingerprint density at radius 1 is 0.762 bits per heavy atom. The number of hydrogen-bond acceptors (Lipinski definition) is 2. The van der Waals surface area contributed by atoms with E-state index < -0.39 is 0 Å². The number of benzene rings is 2. The number of nitrogens with zero attached hydrogens (tertiary/aromatic N) is 2. The van der Waals surface area contributed by atoms with Gasteiger partial charge in [-0.2, -0.15) is 5.10 Å². The van der Waals surface area contributed by atoms with Gasteiger partial charge in [0, 0.05) is 19.8 Å². The van der Waals surface area contributed by atoms with Gasteiger partial charge in [0.15, 0.2) is 0 Å². The van der Waals surface area contributed by atoms with Gasteiger partial charge in [0.2, 0.25) is 0 Å². The fourth-order valence-corrected chi connectivity index (χ4v) is 2.37. The van der Waals surface area contributed by atoms with E-state index in [9.17, 15) is 0 Å². The van der Waals surface area contributed by atoms with Crippen LogP contribution in [0.4, 0.5) is 0 Å². The van der Waals surface area contributed by atoms with E-state index in [2.05, 4.69) is 65.8 Å². The summed E-state index contributed by atoms with van der Waals surface area (Å²) in [6.45, 7) is 0. The highest BCUT2D eigenvalue weighted by Gasteiger charge is 2.03. The van der Waals surface area contributed by atoms with Crippen LogP contribution >= 0.6 is 0 Å². The molecule has 2 nitrogen and oxygen atoms in total. The van der Waals surface area contributed by atoms with Gasteiger partial charge in [-0.3, -0.25) is 0 Å². The standard InChI is InChI=1S/C19H24N2/c1-21(2)20-19(15-13-17-9-5-3-6-10-17)16-14-18-11-7-4-8-12-18/h3-12H,13-16H2,1-2H3. The molecule has 110 valence electrons. The Labute approximate surface area is 128 Å². The van der Waals surface area contributed by atoms with Gasteiger partial charge >= 0.3 is 0 Å². The summed E-state index contributed by atoms with van der Waals surface area (Å²) in [6, 6.07) is 21.3. The van der Waals surface area contributed by atoms with Crippen LogP contribution in [0.2, 0.25) is 0 Å². The first-order valence-electron chi connectivity index (χ1n) is 7.55. The van der Waals surface area contributed by atoms with Crippen molar-refractivity contribution in [2.45, 2.75) is 25.7 Å². The SMILES string of the molecule is CN(C)N=C(CCc1ccccc1)CCc1ccccc1. The van der Waals surface area contributed by atoms with E-state index in [1.54, 1.807) is 0 Å². The van der Waals surface area contributed by atoms with E-state index in [4.69, 9.17) is 0 Å². The van der Waals surface area contributed by atoms with Gasteiger partial charge in [-0.05, 0) is 36.8 Å². The smallest absolute Gasteiger partial charge is 0.0387 e. The van der Waals surface area contributed by atoms with Crippen molar-refractivity contribution in [2.75, 3.05) is 14.1 Å². The molecule has 2 rings (SSSR count). The lowest BCUT2D eigenvalue weighted by atomic mass is 10.0. The zero-order chi connectivity index (χ0) is 14.9. The third-order valence-electron chi connectivity index (χ3n) is 3.43. The maximum atomic E-state index is 4.66. The lowest BCUT2D eigenvalue weighted by Crippen LogP contribution is -2.11. The molecule has 2 heteroatoms. The predicted octanol–water partition coefficient (Wildman–Crippen LogP) is 4.17. The van der Waals surface area contributed by atoms with E-state index in [-0.39, 0.29) is 0 Å². The molecule has 0 atom stereocenters. The van der Waals surface area contributed by atoms with Crippen LogP contribution < -0.4 is 0 Å². The molecule has 0 aliphatic heterocycles. The van der Waals surface area contributed by atoms with Crippen molar-refractivity contribution in [3.63, 3.8) is 0 Å². The fourth-order valence-electron chi connectivity index (χ4n) is 2.37. The first-order chi connectivity index (χ1) is 10.2. The van der Waals surface area contributed by atoms with Crippen LogP contribution in [0.5, 0.6) is 0 Å². The van der Waals surface area contributed by atoms with E-state index in [0.717, 1.165) is 25.7 Å². The molecule has 2 aromatic rings. The molecule has 0 amide bonds. The lowest BCUT2D eigenvalue weighted by molar-refractivity contribution is 0.434. The van der Waals surface area contributed by atoms with Gasteiger partial charge in [0.1, 0.15) is 0 Å². The maximum absolute atomic E-state index is 4.66. The second-order valence-electron chi connectivity index (χ2n) is 5.48. The summed E-state index contributed by atoms with van der Waals surface area (Å²) in [5.74, 6) is 0. The van der Waals surface area contributed by atoms with Crippen molar-refractivity contribution >= 4 is 5.71 Å². The molecule has 0 aromatic heterocycles. The molecule has 0 fully saturated rings. The van der Waals surface area contributed by atoms with Crippen LogP contribution in [-0.4, -0.2) is 24.8 Å². The molecule has 0 heterocycles. The van der Waals surface area contributed by atoms with E-state index in [0.29, 0.717) is 0 Å². The third-order valence-corrected chi connectivity index (χ3v) is 3.43. The number of rotatable bonds is 7. The number of hydrazone groups is 1. The van der Waals surface area contributed by atoms with Gasteiger partial charge < -0.3 is 5.01 Å². The first-order valence-corrected chi connectivity index (χ1v) is 7.55. The van der Waals surface area contributed by atoms with Crippen LogP contribution in [0.3, 0.4) is 0 Å². The highest BCUT2D eigenvalue weighted by molar-refractivity contribution is 5.84. The van der Waals surface area contributed by atoms with Gasteiger partial charge in [-0.15, -0.1) is 0 Å². The molecule has 0 radical (unpaired) electrons. The van der Waals surface area contributed by atoms with Crippen LogP contribution in [0.15, 0.2) is 65.8 Å². The van der Waals surface area contributed by atoms with Crippen molar-refractivity contribution in [3.05, 3.63) is 71.8 Å². The van der Waals surface area contributed by atoms with Crippen molar-refractivity contribution in [1.82, 2.24) is 5.01 Å². The molecular formula is C19H24N2. The summed E-state index contributed by atoms with van der Waals surface area (Å²) in [6.07, 6.45) is 4.16. The molecule has 0 aliphatic rings. The average Bonchev–Trinajstić information content (AvgIpc) is 2.51. The Bertz CT molecular complexity index is 499. The van der Waals surface area contributed by atoms with E-state index in [1.165, 1.54) is 16.8 Å². The van der Waals surface area contributed by atoms with Crippen LogP contribution in [0.25, 0.3) is 0 Å². The highest BCUT2D eigenvalue weighted by Crippen LogP contribution is 2.09. The molecule has 0 aliphatic carbocycles. The van der Waals surface area contributed by atoms with Crippen molar-refractivity contribution in [3.8, 4) is 0 Å². The zero-order valence-electron chi connectivity index (χ0n) is 13.0. The molecular weight excluding hydrogens is 256 g/mol. The summed E-state index contributed by atoms with van der Waals surface area (Å²) in [7, 11) is 3.98. The van der Waals surface area contributed by atoms with E-state index >= 15 is 0 Å². The summed E-state index contributed by atoms with van der Waals surface area (Å²) in [5.41, 5.74) is 4.03. The minimum Gasteiger partial charge on any atom is -0.303 e. The summed E-state index contributed by atoms with van der Waals surface area (Å²) in [5, 5.41) is 6.57. The van der Waals surface area contributed by atoms with Crippen LogP contribution in [-0.2, 0) is 12.8 Å².